The Kier molecular flexibility index (Phi) is 3.79. The number of hydrogen-bond donors (Lipinski definition) is 1. The smallest absolute Gasteiger partial charge is 0.253 e. The van der Waals surface area contributed by atoms with E-state index in [4.69, 9.17) is 0 Å². The minimum absolute atomic E-state index is 0.0597. The highest BCUT2D eigenvalue weighted by atomic mass is 16.1. The van der Waals surface area contributed by atoms with E-state index in [0.29, 0.717) is 12.1 Å². The molecule has 0 spiro atoms. The Morgan fingerprint density at radius 2 is 2.43 bits per heavy atom. The highest BCUT2D eigenvalue weighted by Crippen LogP contribution is 2.07. The lowest BCUT2D eigenvalue weighted by atomic mass is 10.3. The minimum atomic E-state index is -0.0597. The maximum absolute atomic E-state index is 11.2. The van der Waals surface area contributed by atoms with Gasteiger partial charge in [0.2, 0.25) is 5.91 Å². The summed E-state index contributed by atoms with van der Waals surface area (Å²) >= 11 is 0. The molecule has 0 aromatic carbocycles. The summed E-state index contributed by atoms with van der Waals surface area (Å²) in [5.41, 5.74) is 0.774. The third-order valence-corrected chi connectivity index (χ3v) is 1.63. The Bertz CT molecular complexity index is 337. The third kappa shape index (κ3) is 2.97. The van der Waals surface area contributed by atoms with Gasteiger partial charge < -0.3 is 5.32 Å². The Balaban J connectivity index is 2.66. The predicted molar refractivity (Wildman–Crippen MR) is 52.6 cm³/mol. The molecule has 4 heteroatoms. The zero-order valence-corrected chi connectivity index (χ0v) is 7.91. The molecule has 1 rings (SSSR count). The number of aromatic nitrogens is 1. The molecule has 1 heterocycles. The van der Waals surface area contributed by atoms with Crippen molar-refractivity contribution in [2.45, 2.75) is 19.8 Å². The fourth-order valence-electron chi connectivity index (χ4n) is 1.01. The standard InChI is InChI=1S/C10H11N2O2/c1-2-3-10(14)12-8-4-5-11-9(6-8)7-13/h4-6H,2-3H2,1H3,(H,11,12,14). The van der Waals surface area contributed by atoms with Crippen LogP contribution in [0.15, 0.2) is 18.3 Å². The number of pyridine rings is 1. The van der Waals surface area contributed by atoms with Gasteiger partial charge in [0.25, 0.3) is 6.29 Å². The van der Waals surface area contributed by atoms with Crippen molar-refractivity contribution in [3.05, 3.63) is 24.0 Å². The summed E-state index contributed by atoms with van der Waals surface area (Å²) < 4.78 is 0. The Labute approximate surface area is 82.3 Å². The van der Waals surface area contributed by atoms with E-state index >= 15 is 0 Å². The predicted octanol–water partition coefficient (Wildman–Crippen LogP) is 1.28. The maximum Gasteiger partial charge on any atom is 0.253 e. The van der Waals surface area contributed by atoms with Crippen LogP contribution in [0.3, 0.4) is 0 Å². The van der Waals surface area contributed by atoms with Crippen LogP contribution in [0.2, 0.25) is 0 Å². The second-order valence-corrected chi connectivity index (χ2v) is 2.83. The topological polar surface area (TPSA) is 59.1 Å². The van der Waals surface area contributed by atoms with Crippen LogP contribution < -0.4 is 5.32 Å². The molecule has 0 fully saturated rings. The van der Waals surface area contributed by atoms with Crippen LogP contribution in [0.1, 0.15) is 25.5 Å². The lowest BCUT2D eigenvalue weighted by Gasteiger charge is -2.03. The second-order valence-electron chi connectivity index (χ2n) is 2.83. The lowest BCUT2D eigenvalue weighted by molar-refractivity contribution is -0.116. The Morgan fingerprint density at radius 1 is 1.64 bits per heavy atom. The van der Waals surface area contributed by atoms with Crippen molar-refractivity contribution >= 4 is 17.9 Å². The number of carbonyl (C=O) groups excluding carboxylic acids is 2. The van der Waals surface area contributed by atoms with Gasteiger partial charge in [-0.05, 0) is 18.6 Å². The van der Waals surface area contributed by atoms with Crippen LogP contribution in [0.4, 0.5) is 5.69 Å². The average molecular weight is 191 g/mol. The Hall–Kier alpha value is -1.71. The van der Waals surface area contributed by atoms with Crippen molar-refractivity contribution in [2.75, 3.05) is 5.32 Å². The molecule has 0 unspecified atom stereocenters. The zero-order chi connectivity index (χ0) is 10.4. The number of rotatable bonds is 4. The molecule has 4 nitrogen and oxygen atoms in total. The minimum Gasteiger partial charge on any atom is -0.326 e. The molecule has 0 aliphatic carbocycles. The summed E-state index contributed by atoms with van der Waals surface area (Å²) in [6.45, 7) is 1.93. The van der Waals surface area contributed by atoms with Crippen molar-refractivity contribution in [3.8, 4) is 0 Å². The molecule has 14 heavy (non-hydrogen) atoms. The molecule has 1 aromatic rings. The average Bonchev–Trinajstić information content (AvgIpc) is 2.18. The molecule has 0 saturated heterocycles. The molecule has 1 radical (unpaired) electrons. The van der Waals surface area contributed by atoms with E-state index in [-0.39, 0.29) is 11.6 Å². The molecule has 0 saturated carbocycles. The number of anilines is 1. The van der Waals surface area contributed by atoms with Gasteiger partial charge in [-0.3, -0.25) is 14.6 Å². The van der Waals surface area contributed by atoms with E-state index in [0.717, 1.165) is 6.42 Å². The molecule has 1 N–H and O–H groups in total. The summed E-state index contributed by atoms with van der Waals surface area (Å²) in [7, 11) is 0. The van der Waals surface area contributed by atoms with Gasteiger partial charge in [0.1, 0.15) is 5.69 Å². The largest absolute Gasteiger partial charge is 0.326 e. The number of amides is 1. The van der Waals surface area contributed by atoms with E-state index < -0.39 is 0 Å². The lowest BCUT2D eigenvalue weighted by Crippen LogP contribution is -2.10. The van der Waals surface area contributed by atoms with Gasteiger partial charge in [0.05, 0.1) is 0 Å². The summed E-state index contributed by atoms with van der Waals surface area (Å²) in [4.78, 5) is 25.2. The normalized spacial score (nSPS) is 9.50. The van der Waals surface area contributed by atoms with Crippen molar-refractivity contribution < 1.29 is 9.59 Å². The fourth-order valence-corrected chi connectivity index (χ4v) is 1.01. The molecule has 0 aliphatic rings. The highest BCUT2D eigenvalue weighted by molar-refractivity contribution is 5.91. The van der Waals surface area contributed by atoms with Gasteiger partial charge in [-0.15, -0.1) is 0 Å². The summed E-state index contributed by atoms with van der Waals surface area (Å²) in [5.74, 6) is -0.0597. The van der Waals surface area contributed by atoms with Crippen LogP contribution in [-0.4, -0.2) is 17.2 Å². The van der Waals surface area contributed by atoms with Crippen molar-refractivity contribution in [3.63, 3.8) is 0 Å². The Morgan fingerprint density at radius 3 is 3.07 bits per heavy atom. The summed E-state index contributed by atoms with van der Waals surface area (Å²) in [5, 5.41) is 2.66. The maximum atomic E-state index is 11.2. The van der Waals surface area contributed by atoms with Crippen molar-refractivity contribution in [2.24, 2.45) is 0 Å². The molecular weight excluding hydrogens is 180 g/mol. The summed E-state index contributed by atoms with van der Waals surface area (Å²) in [6.07, 6.45) is 4.39. The van der Waals surface area contributed by atoms with E-state index in [9.17, 15) is 9.59 Å². The van der Waals surface area contributed by atoms with Crippen LogP contribution >= 0.6 is 0 Å². The molecule has 73 valence electrons. The molecule has 1 amide bonds. The van der Waals surface area contributed by atoms with Crippen LogP contribution in [0.25, 0.3) is 0 Å². The second kappa shape index (κ2) is 5.11. The number of hydrogen-bond acceptors (Lipinski definition) is 3. The zero-order valence-electron chi connectivity index (χ0n) is 7.91. The molecule has 0 bridgehead atoms. The van der Waals surface area contributed by atoms with Gasteiger partial charge in [-0.25, -0.2) is 0 Å². The molecular formula is C10H11N2O2. The quantitative estimate of drug-likeness (QED) is 0.779. The van der Waals surface area contributed by atoms with E-state index in [1.54, 1.807) is 12.4 Å². The molecule has 0 aliphatic heterocycles. The SMILES string of the molecule is CCCC(=O)Nc1ccnc([C]=O)c1. The summed E-state index contributed by atoms with van der Waals surface area (Å²) in [6, 6.07) is 3.12. The van der Waals surface area contributed by atoms with Gasteiger partial charge in [0, 0.05) is 18.3 Å². The number of nitrogens with zero attached hydrogens (tertiary/aromatic N) is 1. The first-order valence-corrected chi connectivity index (χ1v) is 4.40. The van der Waals surface area contributed by atoms with Gasteiger partial charge in [-0.1, -0.05) is 6.92 Å². The first-order valence-electron chi connectivity index (χ1n) is 4.40. The first-order chi connectivity index (χ1) is 6.76. The van der Waals surface area contributed by atoms with Gasteiger partial charge in [0.15, 0.2) is 0 Å². The van der Waals surface area contributed by atoms with Crippen molar-refractivity contribution in [1.29, 1.82) is 0 Å². The highest BCUT2D eigenvalue weighted by Gasteiger charge is 2.01. The van der Waals surface area contributed by atoms with Gasteiger partial charge >= 0.3 is 0 Å². The van der Waals surface area contributed by atoms with Crippen molar-refractivity contribution in [1.82, 2.24) is 4.98 Å². The third-order valence-electron chi connectivity index (χ3n) is 1.63. The van der Waals surface area contributed by atoms with Gasteiger partial charge in [-0.2, -0.15) is 0 Å². The monoisotopic (exact) mass is 191 g/mol. The van der Waals surface area contributed by atoms with Crippen LogP contribution in [-0.2, 0) is 9.59 Å². The van der Waals surface area contributed by atoms with E-state index in [2.05, 4.69) is 10.3 Å². The fraction of sp³-hybridized carbons (Fsp3) is 0.300. The number of nitrogens with one attached hydrogen (secondary N) is 1. The number of carbonyl (C=O) groups is 1. The first kappa shape index (κ1) is 10.4. The van der Waals surface area contributed by atoms with Crippen LogP contribution in [0.5, 0.6) is 0 Å². The molecule has 1 aromatic heterocycles. The van der Waals surface area contributed by atoms with E-state index in [1.165, 1.54) is 12.3 Å². The van der Waals surface area contributed by atoms with E-state index in [1.807, 2.05) is 6.92 Å². The molecule has 0 atom stereocenters. The van der Waals surface area contributed by atoms with Crippen LogP contribution in [0, 0.1) is 0 Å².